The average molecular weight is 544 g/mol. The molecule has 5 rings (SSSR count). The Morgan fingerprint density at radius 2 is 1.79 bits per heavy atom. The van der Waals surface area contributed by atoms with Crippen LogP contribution in [0.1, 0.15) is 37.7 Å². The molecule has 1 aliphatic carbocycles. The Bertz CT molecular complexity index is 1310. The van der Waals surface area contributed by atoms with E-state index in [0.717, 1.165) is 29.7 Å². The molecule has 10 heteroatoms. The molecule has 2 aliphatic rings. The Morgan fingerprint density at radius 3 is 2.53 bits per heavy atom. The second-order valence-corrected chi connectivity index (χ2v) is 10.1. The molecular formula is C28H26F3N2O4S-. The van der Waals surface area contributed by atoms with Crippen LogP contribution in [0.5, 0.6) is 17.2 Å². The van der Waals surface area contributed by atoms with Gasteiger partial charge in [0.1, 0.15) is 19.0 Å². The molecule has 2 aromatic carbocycles. The van der Waals surface area contributed by atoms with E-state index in [1.54, 1.807) is 23.6 Å². The topological polar surface area (TPSA) is 76.0 Å². The highest BCUT2D eigenvalue weighted by Gasteiger charge is 2.34. The van der Waals surface area contributed by atoms with Crippen LogP contribution in [0.2, 0.25) is 0 Å². The number of allylic oxidation sites excluding steroid dienone is 1. The maximum absolute atomic E-state index is 13.8. The quantitative estimate of drug-likeness (QED) is 0.249. The van der Waals surface area contributed by atoms with Gasteiger partial charge in [-0.25, -0.2) is 9.98 Å². The van der Waals surface area contributed by atoms with Gasteiger partial charge in [0.25, 0.3) is 0 Å². The maximum Gasteiger partial charge on any atom is 0.417 e. The third kappa shape index (κ3) is 6.48. The molecule has 1 fully saturated rings. The van der Waals surface area contributed by atoms with E-state index in [1.165, 1.54) is 43.5 Å². The van der Waals surface area contributed by atoms with Crippen molar-refractivity contribution in [1.82, 2.24) is 4.98 Å². The molecule has 38 heavy (non-hydrogen) atoms. The smallest absolute Gasteiger partial charge is 0.417 e. The lowest BCUT2D eigenvalue weighted by atomic mass is 9.90. The van der Waals surface area contributed by atoms with Gasteiger partial charge in [-0.1, -0.05) is 31.4 Å². The molecule has 0 saturated heterocycles. The SMILES string of the molecule is [O-]C(C=C(c1ccc(OCC2CCCCC2)cc1)C(F)(F)F)=Nc1nc(-c2ccc3c(c2)OCCO3)cs1. The van der Waals surface area contributed by atoms with Crippen LogP contribution in [-0.4, -0.2) is 36.9 Å². The van der Waals surface area contributed by atoms with E-state index < -0.39 is 17.6 Å². The summed E-state index contributed by atoms with van der Waals surface area (Å²) in [6, 6.07) is 10.9. The Morgan fingerprint density at radius 1 is 1.05 bits per heavy atom. The highest BCUT2D eigenvalue weighted by Crippen LogP contribution is 2.37. The molecule has 0 radical (unpaired) electrons. The lowest BCUT2D eigenvalue weighted by Crippen LogP contribution is -2.19. The number of fused-ring (bicyclic) bond motifs is 1. The van der Waals surface area contributed by atoms with Crippen molar-refractivity contribution < 1.29 is 32.5 Å². The number of aliphatic imine (C=N–C) groups is 1. The van der Waals surface area contributed by atoms with Crippen LogP contribution < -0.4 is 19.3 Å². The van der Waals surface area contributed by atoms with Gasteiger partial charge in [-0.3, -0.25) is 0 Å². The molecule has 200 valence electrons. The van der Waals surface area contributed by atoms with Crippen LogP contribution in [0.4, 0.5) is 18.3 Å². The zero-order chi connectivity index (χ0) is 26.5. The molecule has 0 spiro atoms. The van der Waals surface area contributed by atoms with Crippen LogP contribution in [0.15, 0.2) is 58.9 Å². The Balaban J connectivity index is 1.30. The summed E-state index contributed by atoms with van der Waals surface area (Å²) in [4.78, 5) is 8.07. The number of aromatic nitrogens is 1. The van der Waals surface area contributed by atoms with E-state index in [1.807, 2.05) is 0 Å². The van der Waals surface area contributed by atoms with Crippen LogP contribution in [0, 0.1) is 5.92 Å². The van der Waals surface area contributed by atoms with Gasteiger partial charge >= 0.3 is 6.18 Å². The van der Waals surface area contributed by atoms with E-state index in [9.17, 15) is 18.3 Å². The van der Waals surface area contributed by atoms with Crippen LogP contribution >= 0.6 is 11.3 Å². The summed E-state index contributed by atoms with van der Waals surface area (Å²) >= 11 is 1.06. The van der Waals surface area contributed by atoms with Gasteiger partial charge in [-0.2, -0.15) is 13.2 Å². The number of thiazole rings is 1. The van der Waals surface area contributed by atoms with E-state index in [-0.39, 0.29) is 10.7 Å². The van der Waals surface area contributed by atoms with Gasteiger partial charge in [-0.05, 0) is 66.6 Å². The number of ether oxygens (including phenoxy) is 3. The van der Waals surface area contributed by atoms with Gasteiger partial charge in [0.2, 0.25) is 5.13 Å². The summed E-state index contributed by atoms with van der Waals surface area (Å²) in [6.07, 6.45) is 1.60. The molecule has 2 heterocycles. The summed E-state index contributed by atoms with van der Waals surface area (Å²) in [5.41, 5.74) is 0.0370. The number of hydrogen-bond acceptors (Lipinski definition) is 7. The summed E-state index contributed by atoms with van der Waals surface area (Å²) in [7, 11) is 0. The average Bonchev–Trinajstić information content (AvgIpc) is 3.39. The molecule has 6 nitrogen and oxygen atoms in total. The Labute approximate surface area is 222 Å². The van der Waals surface area contributed by atoms with Crippen molar-refractivity contribution in [3.8, 4) is 28.5 Å². The summed E-state index contributed by atoms with van der Waals surface area (Å²) in [6.45, 7) is 1.47. The zero-order valence-electron chi connectivity index (χ0n) is 20.5. The summed E-state index contributed by atoms with van der Waals surface area (Å²) in [5.74, 6) is 1.15. The standard InChI is InChI=1S/C28H27F3N2O4S/c29-28(30,31)22(19-6-9-21(10-7-19)37-16-18-4-2-1-3-5-18)15-26(34)33-27-32-23(17-38-27)20-8-11-24-25(14-20)36-13-12-35-24/h6-11,14-15,17-18H,1-5,12-13,16H2,(H,32,33,34)/p-1. The number of nitrogens with zero attached hydrogens (tertiary/aromatic N) is 2. The molecule has 1 saturated carbocycles. The van der Waals surface area contributed by atoms with Gasteiger partial charge < -0.3 is 19.3 Å². The number of alkyl halides is 3. The molecule has 3 aromatic rings. The van der Waals surface area contributed by atoms with Crippen molar-refractivity contribution in [2.75, 3.05) is 19.8 Å². The maximum atomic E-state index is 13.8. The van der Waals surface area contributed by atoms with Crippen molar-refractivity contribution in [1.29, 1.82) is 0 Å². The fraction of sp³-hybridized carbons (Fsp3) is 0.357. The number of benzene rings is 2. The first-order chi connectivity index (χ1) is 18.3. The summed E-state index contributed by atoms with van der Waals surface area (Å²) in [5, 5.41) is 14.2. The van der Waals surface area contributed by atoms with Gasteiger partial charge in [-0.15, -0.1) is 11.3 Å². The Hall–Kier alpha value is -3.53. The first kappa shape index (κ1) is 26.1. The fourth-order valence-corrected chi connectivity index (χ4v) is 5.23. The summed E-state index contributed by atoms with van der Waals surface area (Å²) < 4.78 is 58.4. The number of hydrogen-bond donors (Lipinski definition) is 0. The third-order valence-electron chi connectivity index (χ3n) is 6.48. The predicted molar refractivity (Wildman–Crippen MR) is 138 cm³/mol. The molecule has 0 N–H and O–H groups in total. The van der Waals surface area contributed by atoms with Gasteiger partial charge in [0, 0.05) is 10.9 Å². The van der Waals surface area contributed by atoms with Crippen molar-refractivity contribution >= 4 is 27.9 Å². The van der Waals surface area contributed by atoms with Gasteiger partial charge in [0.05, 0.1) is 17.9 Å². The minimum Gasteiger partial charge on any atom is -0.859 e. The molecule has 0 bridgehead atoms. The van der Waals surface area contributed by atoms with Crippen LogP contribution in [0.25, 0.3) is 16.8 Å². The first-order valence-electron chi connectivity index (χ1n) is 12.5. The largest absolute Gasteiger partial charge is 0.859 e. The highest BCUT2D eigenvalue weighted by molar-refractivity contribution is 7.13. The number of halogens is 3. The molecular weight excluding hydrogens is 517 g/mol. The normalized spacial score (nSPS) is 16.9. The molecule has 0 amide bonds. The first-order valence-corrected chi connectivity index (χ1v) is 13.4. The molecule has 1 aromatic heterocycles. The van der Waals surface area contributed by atoms with Gasteiger partial charge in [0.15, 0.2) is 11.5 Å². The fourth-order valence-electron chi connectivity index (χ4n) is 4.53. The lowest BCUT2D eigenvalue weighted by Gasteiger charge is -2.21. The molecule has 1 aliphatic heterocycles. The third-order valence-corrected chi connectivity index (χ3v) is 7.22. The van der Waals surface area contributed by atoms with Crippen molar-refractivity contribution in [3.05, 3.63) is 59.5 Å². The second kappa shape index (κ2) is 11.5. The predicted octanol–water partition coefficient (Wildman–Crippen LogP) is 6.58. The second-order valence-electron chi connectivity index (χ2n) is 9.22. The van der Waals surface area contributed by atoms with Crippen molar-refractivity contribution in [2.24, 2.45) is 10.9 Å². The highest BCUT2D eigenvalue weighted by atomic mass is 32.1. The van der Waals surface area contributed by atoms with E-state index in [4.69, 9.17) is 14.2 Å². The number of rotatable bonds is 7. The van der Waals surface area contributed by atoms with E-state index in [2.05, 4.69) is 9.98 Å². The van der Waals surface area contributed by atoms with E-state index in [0.29, 0.717) is 54.8 Å². The molecule has 0 atom stereocenters. The van der Waals surface area contributed by atoms with E-state index >= 15 is 0 Å². The minimum absolute atomic E-state index is 0.0594. The van der Waals surface area contributed by atoms with Crippen LogP contribution in [-0.2, 0) is 0 Å². The zero-order valence-corrected chi connectivity index (χ0v) is 21.3. The minimum atomic E-state index is -4.74. The van der Waals surface area contributed by atoms with Crippen molar-refractivity contribution in [3.63, 3.8) is 0 Å². The molecule has 0 unspecified atom stereocenters. The van der Waals surface area contributed by atoms with Crippen molar-refractivity contribution in [2.45, 2.75) is 38.3 Å². The lowest BCUT2D eigenvalue weighted by molar-refractivity contribution is -0.211. The monoisotopic (exact) mass is 543 g/mol. The Kier molecular flexibility index (Phi) is 7.87. The van der Waals surface area contributed by atoms with Crippen LogP contribution in [0.3, 0.4) is 0 Å².